The molecule has 0 fully saturated rings. The van der Waals surface area contributed by atoms with Gasteiger partial charge in [-0.05, 0) is 36.6 Å². The maximum absolute atomic E-state index is 12.9. The number of ketones is 1. The number of carbonyl (C=O) groups is 1. The van der Waals surface area contributed by atoms with Gasteiger partial charge in [-0.15, -0.1) is 11.8 Å². The number of hydrogen-bond acceptors (Lipinski definition) is 6. The molecule has 1 aliphatic heterocycles. The number of rotatable bonds is 8. The van der Waals surface area contributed by atoms with Crippen LogP contribution in [0.15, 0.2) is 35.2 Å². The standard InChI is InChI=1S/C21H25NO4S/c1-3-8-25-19-13-20-21(27-10-9-26-20)12-15(19)17(23)6-4-14-5-7-18(24-2)16(22)11-14/h5,7,11-13H,3-4,6,8-10,22H2,1-2H3. The second-order valence-electron chi connectivity index (χ2n) is 6.34. The third-order valence-corrected chi connectivity index (χ3v) is 5.34. The first kappa shape index (κ1) is 19.4. The predicted molar refractivity (Wildman–Crippen MR) is 109 cm³/mol. The number of hydrogen-bond donors (Lipinski definition) is 1. The monoisotopic (exact) mass is 387 g/mol. The second kappa shape index (κ2) is 9.04. The molecule has 0 saturated carbocycles. The summed E-state index contributed by atoms with van der Waals surface area (Å²) in [6.07, 6.45) is 1.88. The van der Waals surface area contributed by atoms with Crippen LogP contribution in [0.3, 0.4) is 0 Å². The van der Waals surface area contributed by atoms with Gasteiger partial charge in [-0.3, -0.25) is 4.79 Å². The number of anilines is 1. The first-order valence-corrected chi connectivity index (χ1v) is 10.1. The molecule has 0 unspecified atom stereocenters. The molecule has 3 rings (SSSR count). The van der Waals surface area contributed by atoms with Gasteiger partial charge in [0, 0.05) is 18.2 Å². The summed E-state index contributed by atoms with van der Waals surface area (Å²) < 4.78 is 16.7. The van der Waals surface area contributed by atoms with E-state index in [0.717, 1.165) is 28.4 Å². The van der Waals surface area contributed by atoms with Gasteiger partial charge in [0.1, 0.15) is 17.2 Å². The third kappa shape index (κ3) is 4.69. The van der Waals surface area contributed by atoms with Crippen molar-refractivity contribution in [3.8, 4) is 17.2 Å². The lowest BCUT2D eigenvalue weighted by Gasteiger charge is -2.20. The summed E-state index contributed by atoms with van der Waals surface area (Å²) in [5.41, 5.74) is 8.17. The summed E-state index contributed by atoms with van der Waals surface area (Å²) in [5.74, 6) is 3.01. The normalized spacial score (nSPS) is 12.8. The van der Waals surface area contributed by atoms with Gasteiger partial charge < -0.3 is 19.9 Å². The zero-order chi connectivity index (χ0) is 19.2. The van der Waals surface area contributed by atoms with Gasteiger partial charge in [0.05, 0.1) is 36.5 Å². The second-order valence-corrected chi connectivity index (χ2v) is 7.48. The Morgan fingerprint density at radius 1 is 1.26 bits per heavy atom. The number of aryl methyl sites for hydroxylation is 1. The third-order valence-electron chi connectivity index (χ3n) is 4.34. The largest absolute Gasteiger partial charge is 0.495 e. The van der Waals surface area contributed by atoms with Crippen molar-refractivity contribution in [3.05, 3.63) is 41.5 Å². The quantitative estimate of drug-likeness (QED) is 0.536. The van der Waals surface area contributed by atoms with Crippen LogP contribution in [0.5, 0.6) is 17.2 Å². The van der Waals surface area contributed by atoms with Crippen LogP contribution >= 0.6 is 11.8 Å². The lowest BCUT2D eigenvalue weighted by atomic mass is 10.0. The Morgan fingerprint density at radius 3 is 2.85 bits per heavy atom. The van der Waals surface area contributed by atoms with E-state index in [4.69, 9.17) is 19.9 Å². The van der Waals surface area contributed by atoms with Crippen LogP contribution in [-0.4, -0.2) is 31.9 Å². The van der Waals surface area contributed by atoms with E-state index in [1.807, 2.05) is 37.3 Å². The molecule has 0 aliphatic carbocycles. The van der Waals surface area contributed by atoms with Crippen molar-refractivity contribution in [3.63, 3.8) is 0 Å². The van der Waals surface area contributed by atoms with E-state index in [1.165, 1.54) is 0 Å². The average molecular weight is 388 g/mol. The topological polar surface area (TPSA) is 70.8 Å². The van der Waals surface area contributed by atoms with Crippen LogP contribution < -0.4 is 19.9 Å². The maximum Gasteiger partial charge on any atom is 0.166 e. The molecule has 2 N–H and O–H groups in total. The number of benzene rings is 2. The Balaban J connectivity index is 1.77. The Labute approximate surface area is 164 Å². The zero-order valence-electron chi connectivity index (χ0n) is 15.7. The minimum Gasteiger partial charge on any atom is -0.495 e. The summed E-state index contributed by atoms with van der Waals surface area (Å²) in [6.45, 7) is 3.29. The molecule has 144 valence electrons. The van der Waals surface area contributed by atoms with Crippen LogP contribution in [-0.2, 0) is 6.42 Å². The molecule has 0 aromatic heterocycles. The molecule has 1 heterocycles. The molecule has 5 nitrogen and oxygen atoms in total. The van der Waals surface area contributed by atoms with Gasteiger partial charge in [0.25, 0.3) is 0 Å². The first-order valence-electron chi connectivity index (χ1n) is 9.14. The zero-order valence-corrected chi connectivity index (χ0v) is 16.6. The number of thioether (sulfide) groups is 1. The molecule has 0 spiro atoms. The predicted octanol–water partition coefficient (Wildman–Crippen LogP) is 4.37. The minimum absolute atomic E-state index is 0.0597. The highest BCUT2D eigenvalue weighted by molar-refractivity contribution is 7.99. The van der Waals surface area contributed by atoms with E-state index in [9.17, 15) is 4.79 Å². The van der Waals surface area contributed by atoms with E-state index in [1.54, 1.807) is 18.9 Å². The summed E-state index contributed by atoms with van der Waals surface area (Å²) in [4.78, 5) is 13.9. The highest BCUT2D eigenvalue weighted by Gasteiger charge is 2.20. The number of fused-ring (bicyclic) bond motifs is 1. The molecule has 0 radical (unpaired) electrons. The highest BCUT2D eigenvalue weighted by Crippen LogP contribution is 2.39. The van der Waals surface area contributed by atoms with Crippen LogP contribution in [0.2, 0.25) is 0 Å². The smallest absolute Gasteiger partial charge is 0.166 e. The van der Waals surface area contributed by atoms with Crippen LogP contribution in [0.25, 0.3) is 0 Å². The van der Waals surface area contributed by atoms with Crippen molar-refractivity contribution in [2.75, 3.05) is 31.8 Å². The van der Waals surface area contributed by atoms with Crippen LogP contribution in [0, 0.1) is 0 Å². The van der Waals surface area contributed by atoms with E-state index in [-0.39, 0.29) is 5.78 Å². The van der Waals surface area contributed by atoms with E-state index in [2.05, 4.69) is 0 Å². The Bertz CT molecular complexity index is 822. The van der Waals surface area contributed by atoms with Crippen molar-refractivity contribution in [2.24, 2.45) is 0 Å². The van der Waals surface area contributed by atoms with Crippen molar-refractivity contribution in [1.29, 1.82) is 0 Å². The van der Waals surface area contributed by atoms with E-state index >= 15 is 0 Å². The van der Waals surface area contributed by atoms with Gasteiger partial charge in [0.2, 0.25) is 0 Å². The van der Waals surface area contributed by atoms with Gasteiger partial charge in [-0.1, -0.05) is 13.0 Å². The fourth-order valence-corrected chi connectivity index (χ4v) is 3.80. The van der Waals surface area contributed by atoms with Crippen molar-refractivity contribution >= 4 is 23.2 Å². The molecule has 2 aromatic rings. The van der Waals surface area contributed by atoms with Crippen molar-refractivity contribution < 1.29 is 19.0 Å². The molecule has 2 aromatic carbocycles. The van der Waals surface area contributed by atoms with Gasteiger partial charge in [0.15, 0.2) is 5.78 Å². The fraction of sp³-hybridized carbons (Fsp3) is 0.381. The number of nitrogens with two attached hydrogens (primary N) is 1. The number of nitrogen functional groups attached to an aromatic ring is 1. The summed E-state index contributed by atoms with van der Waals surface area (Å²) in [7, 11) is 1.59. The summed E-state index contributed by atoms with van der Waals surface area (Å²) in [5, 5.41) is 0. The Morgan fingerprint density at radius 2 is 2.11 bits per heavy atom. The molecule has 0 bridgehead atoms. The molecule has 27 heavy (non-hydrogen) atoms. The summed E-state index contributed by atoms with van der Waals surface area (Å²) in [6, 6.07) is 9.40. The Hall–Kier alpha value is -2.34. The van der Waals surface area contributed by atoms with Crippen molar-refractivity contribution in [1.82, 2.24) is 0 Å². The highest BCUT2D eigenvalue weighted by atomic mass is 32.2. The van der Waals surface area contributed by atoms with Crippen molar-refractivity contribution in [2.45, 2.75) is 31.1 Å². The summed E-state index contributed by atoms with van der Waals surface area (Å²) >= 11 is 1.71. The van der Waals surface area contributed by atoms with Gasteiger partial charge >= 0.3 is 0 Å². The average Bonchev–Trinajstić information content (AvgIpc) is 2.69. The Kier molecular flexibility index (Phi) is 6.50. The molecule has 0 saturated heterocycles. The lowest BCUT2D eigenvalue weighted by molar-refractivity contribution is 0.0978. The van der Waals surface area contributed by atoms with E-state index in [0.29, 0.717) is 48.8 Å². The fourth-order valence-electron chi connectivity index (χ4n) is 2.95. The molecular weight excluding hydrogens is 362 g/mol. The van der Waals surface area contributed by atoms with Gasteiger partial charge in [-0.2, -0.15) is 0 Å². The van der Waals surface area contributed by atoms with E-state index < -0.39 is 0 Å². The molecule has 0 amide bonds. The molecule has 6 heteroatoms. The lowest BCUT2D eigenvalue weighted by Crippen LogP contribution is -2.11. The number of methoxy groups -OCH3 is 1. The molecule has 0 atom stereocenters. The molecular formula is C21H25NO4S. The number of carbonyl (C=O) groups excluding carboxylic acids is 1. The SMILES string of the molecule is CCCOc1cc2c(cc1C(=O)CCc1ccc(OC)c(N)c1)SCCO2. The number of Topliss-reactive ketones (excluding diaryl/α,β-unsaturated/α-hetero) is 1. The minimum atomic E-state index is 0.0597. The first-order chi connectivity index (χ1) is 13.1. The van der Waals surface area contributed by atoms with Crippen LogP contribution in [0.1, 0.15) is 35.7 Å². The maximum atomic E-state index is 12.9. The number of ether oxygens (including phenoxy) is 3. The van der Waals surface area contributed by atoms with Gasteiger partial charge in [-0.25, -0.2) is 0 Å². The molecule has 1 aliphatic rings. The van der Waals surface area contributed by atoms with Crippen LogP contribution in [0.4, 0.5) is 5.69 Å².